The van der Waals surface area contributed by atoms with Crippen LogP contribution in [0.15, 0.2) is 24.3 Å². The van der Waals surface area contributed by atoms with Gasteiger partial charge in [0.25, 0.3) is 0 Å². The van der Waals surface area contributed by atoms with Gasteiger partial charge in [0.15, 0.2) is 0 Å². The van der Waals surface area contributed by atoms with E-state index in [1.807, 2.05) is 12.1 Å². The van der Waals surface area contributed by atoms with Crippen LogP contribution in [0.4, 0.5) is 0 Å². The van der Waals surface area contributed by atoms with Crippen LogP contribution in [0, 0.1) is 11.8 Å². The topological polar surface area (TPSA) is 12.0 Å². The molecule has 0 amide bonds. The smallest absolute Gasteiger partial charge is 0.0406 e. The molecule has 19 heavy (non-hydrogen) atoms. The lowest BCUT2D eigenvalue weighted by Crippen LogP contribution is -2.44. The van der Waals surface area contributed by atoms with Crippen LogP contribution in [0.2, 0.25) is 5.02 Å². The molecule has 0 radical (unpaired) electrons. The Hall–Kier alpha value is -0.530. The van der Waals surface area contributed by atoms with E-state index in [4.69, 9.17) is 11.6 Å². The standard InChI is InChI=1S/C17H26ClN/c1-12-4-9-17(13(2)10-12)19-14(3)11-15-5-7-16(18)8-6-15/h5-8,12-14,17,19H,4,9-11H2,1-3H3. The van der Waals surface area contributed by atoms with Crippen molar-refractivity contribution >= 4 is 11.6 Å². The van der Waals surface area contributed by atoms with Gasteiger partial charge in [-0.25, -0.2) is 0 Å². The van der Waals surface area contributed by atoms with Gasteiger partial charge in [0.05, 0.1) is 0 Å². The lowest BCUT2D eigenvalue weighted by Gasteiger charge is -2.35. The van der Waals surface area contributed by atoms with Crippen LogP contribution in [0.1, 0.15) is 45.6 Å². The molecule has 1 aliphatic carbocycles. The van der Waals surface area contributed by atoms with Crippen LogP contribution in [0.25, 0.3) is 0 Å². The summed E-state index contributed by atoms with van der Waals surface area (Å²) in [6.45, 7) is 7.06. The molecule has 2 rings (SSSR count). The van der Waals surface area contributed by atoms with E-state index in [1.165, 1.54) is 24.8 Å². The molecule has 1 nitrogen and oxygen atoms in total. The summed E-state index contributed by atoms with van der Waals surface area (Å²) in [7, 11) is 0. The summed E-state index contributed by atoms with van der Waals surface area (Å²) in [5, 5.41) is 4.64. The maximum Gasteiger partial charge on any atom is 0.0406 e. The summed E-state index contributed by atoms with van der Waals surface area (Å²) in [5.41, 5.74) is 1.36. The monoisotopic (exact) mass is 279 g/mol. The van der Waals surface area contributed by atoms with Gasteiger partial charge in [-0.05, 0) is 62.1 Å². The van der Waals surface area contributed by atoms with Gasteiger partial charge in [-0.3, -0.25) is 0 Å². The largest absolute Gasteiger partial charge is 0.311 e. The fourth-order valence-corrected chi connectivity index (χ4v) is 3.44. The molecule has 1 aromatic carbocycles. The molecule has 1 N–H and O–H groups in total. The summed E-state index contributed by atoms with van der Waals surface area (Å²) in [5.74, 6) is 1.70. The molecule has 0 heterocycles. The van der Waals surface area contributed by atoms with Gasteiger partial charge in [-0.2, -0.15) is 0 Å². The number of hydrogen-bond donors (Lipinski definition) is 1. The van der Waals surface area contributed by atoms with Crippen LogP contribution < -0.4 is 5.32 Å². The number of nitrogens with one attached hydrogen (secondary N) is 1. The van der Waals surface area contributed by atoms with Crippen LogP contribution in [0.5, 0.6) is 0 Å². The third-order valence-corrected chi connectivity index (χ3v) is 4.64. The predicted octanol–water partition coefficient (Wildman–Crippen LogP) is 4.69. The van der Waals surface area contributed by atoms with Crippen molar-refractivity contribution in [3.8, 4) is 0 Å². The average Bonchev–Trinajstić information content (AvgIpc) is 2.36. The maximum absolute atomic E-state index is 5.92. The van der Waals surface area contributed by atoms with E-state index < -0.39 is 0 Å². The Morgan fingerprint density at radius 2 is 1.89 bits per heavy atom. The first-order valence-electron chi connectivity index (χ1n) is 7.55. The van der Waals surface area contributed by atoms with E-state index in [9.17, 15) is 0 Å². The fraction of sp³-hybridized carbons (Fsp3) is 0.647. The van der Waals surface area contributed by atoms with Gasteiger partial charge < -0.3 is 5.32 Å². The second kappa shape index (κ2) is 6.76. The molecule has 0 aromatic heterocycles. The summed E-state index contributed by atoms with van der Waals surface area (Å²) in [4.78, 5) is 0. The molecule has 0 bridgehead atoms. The minimum atomic E-state index is 0.530. The first-order valence-corrected chi connectivity index (χ1v) is 7.93. The van der Waals surface area contributed by atoms with Crippen molar-refractivity contribution < 1.29 is 0 Å². The molecule has 1 saturated carbocycles. The number of benzene rings is 1. The number of hydrogen-bond acceptors (Lipinski definition) is 1. The second-order valence-corrected chi connectivity index (χ2v) is 6.84. The molecule has 4 unspecified atom stereocenters. The maximum atomic E-state index is 5.92. The van der Waals surface area contributed by atoms with Crippen LogP contribution in [-0.2, 0) is 6.42 Å². The summed E-state index contributed by atoms with van der Waals surface area (Å²) in [6.07, 6.45) is 5.14. The second-order valence-electron chi connectivity index (χ2n) is 6.40. The highest BCUT2D eigenvalue weighted by Crippen LogP contribution is 2.29. The van der Waals surface area contributed by atoms with E-state index >= 15 is 0 Å². The summed E-state index contributed by atoms with van der Waals surface area (Å²) >= 11 is 5.92. The molecular formula is C17H26ClN. The van der Waals surface area contributed by atoms with Crippen molar-refractivity contribution in [2.45, 2.75) is 58.5 Å². The molecule has 4 atom stereocenters. The first-order chi connectivity index (χ1) is 9.04. The molecule has 106 valence electrons. The van der Waals surface area contributed by atoms with Gasteiger partial charge in [0, 0.05) is 17.1 Å². The zero-order chi connectivity index (χ0) is 13.8. The van der Waals surface area contributed by atoms with Crippen molar-refractivity contribution in [2.24, 2.45) is 11.8 Å². The zero-order valence-electron chi connectivity index (χ0n) is 12.3. The van der Waals surface area contributed by atoms with Gasteiger partial charge in [0.1, 0.15) is 0 Å². The Balaban J connectivity index is 1.83. The molecule has 0 spiro atoms. The quantitative estimate of drug-likeness (QED) is 0.843. The lowest BCUT2D eigenvalue weighted by atomic mass is 9.79. The van der Waals surface area contributed by atoms with E-state index in [0.717, 1.165) is 23.3 Å². The molecule has 1 aromatic rings. The van der Waals surface area contributed by atoms with Gasteiger partial charge >= 0.3 is 0 Å². The fourth-order valence-electron chi connectivity index (χ4n) is 3.31. The van der Waals surface area contributed by atoms with E-state index in [1.54, 1.807) is 0 Å². The first kappa shape index (κ1) is 14.9. The van der Waals surface area contributed by atoms with Crippen molar-refractivity contribution in [3.63, 3.8) is 0 Å². The minimum Gasteiger partial charge on any atom is -0.311 e. The van der Waals surface area contributed by atoms with E-state index in [2.05, 4.69) is 38.2 Å². The SMILES string of the molecule is CC1CCC(NC(C)Cc2ccc(Cl)cc2)C(C)C1. The Morgan fingerprint density at radius 1 is 1.21 bits per heavy atom. The minimum absolute atomic E-state index is 0.530. The molecule has 2 heteroatoms. The highest BCUT2D eigenvalue weighted by atomic mass is 35.5. The van der Waals surface area contributed by atoms with Crippen LogP contribution in [0.3, 0.4) is 0 Å². The number of halogens is 1. The molecule has 0 saturated heterocycles. The third kappa shape index (κ3) is 4.50. The Kier molecular flexibility index (Phi) is 5.29. The Morgan fingerprint density at radius 3 is 2.53 bits per heavy atom. The highest BCUT2D eigenvalue weighted by molar-refractivity contribution is 6.30. The van der Waals surface area contributed by atoms with Gasteiger partial charge in [-0.1, -0.05) is 37.6 Å². The van der Waals surface area contributed by atoms with Crippen LogP contribution >= 0.6 is 11.6 Å². The zero-order valence-corrected chi connectivity index (χ0v) is 13.1. The van der Waals surface area contributed by atoms with Gasteiger partial charge in [-0.15, -0.1) is 0 Å². The Bertz CT molecular complexity index is 387. The van der Waals surface area contributed by atoms with E-state index in [-0.39, 0.29) is 0 Å². The molecule has 1 fully saturated rings. The van der Waals surface area contributed by atoms with Crippen molar-refractivity contribution in [1.82, 2.24) is 5.32 Å². The van der Waals surface area contributed by atoms with Crippen molar-refractivity contribution in [2.75, 3.05) is 0 Å². The van der Waals surface area contributed by atoms with E-state index in [0.29, 0.717) is 12.1 Å². The van der Waals surface area contributed by atoms with Crippen molar-refractivity contribution in [1.29, 1.82) is 0 Å². The number of rotatable bonds is 4. The van der Waals surface area contributed by atoms with Gasteiger partial charge in [0.2, 0.25) is 0 Å². The lowest BCUT2D eigenvalue weighted by molar-refractivity contribution is 0.215. The van der Waals surface area contributed by atoms with Crippen LogP contribution in [-0.4, -0.2) is 12.1 Å². The molecular weight excluding hydrogens is 254 g/mol. The summed E-state index contributed by atoms with van der Waals surface area (Å²) < 4.78 is 0. The molecule has 0 aliphatic heterocycles. The Labute approximate surface area is 122 Å². The molecule has 1 aliphatic rings. The normalized spacial score (nSPS) is 29.2. The third-order valence-electron chi connectivity index (χ3n) is 4.39. The predicted molar refractivity (Wildman–Crippen MR) is 83.7 cm³/mol. The summed E-state index contributed by atoms with van der Waals surface area (Å²) in [6, 6.07) is 9.45. The van der Waals surface area contributed by atoms with Crippen molar-refractivity contribution in [3.05, 3.63) is 34.9 Å². The average molecular weight is 280 g/mol. The highest BCUT2D eigenvalue weighted by Gasteiger charge is 2.25.